The van der Waals surface area contributed by atoms with Crippen LogP contribution >= 0.6 is 11.6 Å². The lowest BCUT2D eigenvalue weighted by molar-refractivity contribution is 0.588. The monoisotopic (exact) mass is 303 g/mol. The molecule has 1 aromatic carbocycles. The van der Waals surface area contributed by atoms with E-state index in [1.54, 1.807) is 0 Å². The normalized spacial score (nSPS) is 11.0. The average Bonchev–Trinajstić information content (AvgIpc) is 2.44. The molecule has 0 saturated heterocycles. The molecule has 0 amide bonds. The molecule has 0 bridgehead atoms. The second-order valence-corrected chi connectivity index (χ2v) is 5.99. The number of nitrogens with one attached hydrogen (secondary N) is 1. The number of anilines is 2. The molecule has 0 unspecified atom stereocenters. The highest BCUT2D eigenvalue weighted by atomic mass is 35.5. The highest BCUT2D eigenvalue weighted by Gasteiger charge is 2.11. The predicted molar refractivity (Wildman–Crippen MR) is 90.5 cm³/mol. The van der Waals surface area contributed by atoms with E-state index in [0.717, 1.165) is 23.6 Å². The van der Waals surface area contributed by atoms with E-state index in [4.69, 9.17) is 11.6 Å². The first kappa shape index (κ1) is 15.8. The number of rotatable bonds is 5. The number of benzene rings is 1. The number of hydrogen-bond donors (Lipinski definition) is 1. The van der Waals surface area contributed by atoms with E-state index in [-0.39, 0.29) is 0 Å². The first-order valence-electron chi connectivity index (χ1n) is 7.15. The molecule has 0 aliphatic heterocycles. The molecule has 112 valence electrons. The fourth-order valence-electron chi connectivity index (χ4n) is 2.09. The highest BCUT2D eigenvalue weighted by Crippen LogP contribution is 2.29. The van der Waals surface area contributed by atoms with E-state index < -0.39 is 0 Å². The molecule has 2 rings (SSSR count). The van der Waals surface area contributed by atoms with Gasteiger partial charge in [-0.1, -0.05) is 37.6 Å². The van der Waals surface area contributed by atoms with Crippen LogP contribution in [-0.4, -0.2) is 18.1 Å². The Balaban J connectivity index is 2.20. The Morgan fingerprint density at radius 2 is 2.05 bits per heavy atom. The summed E-state index contributed by atoms with van der Waals surface area (Å²) in [4.78, 5) is 6.53. The topological polar surface area (TPSA) is 28.2 Å². The smallest absolute Gasteiger partial charge is 0.151 e. The van der Waals surface area contributed by atoms with Gasteiger partial charge in [-0.05, 0) is 36.2 Å². The number of aryl methyl sites for hydroxylation is 1. The molecule has 3 nitrogen and oxygen atoms in total. The third-order valence-electron chi connectivity index (χ3n) is 3.30. The van der Waals surface area contributed by atoms with Gasteiger partial charge in [0.2, 0.25) is 0 Å². The van der Waals surface area contributed by atoms with Crippen molar-refractivity contribution >= 4 is 23.1 Å². The standard InChI is InChI=1S/C17H22ClN3/c1-12(2)19-10-14-9-16(18)17(20-11-14)21(4)15-7-5-6-13(3)8-15/h5-9,11-12,19H,10H2,1-4H3. The van der Waals surface area contributed by atoms with Gasteiger partial charge in [-0.25, -0.2) is 4.98 Å². The molecule has 0 fully saturated rings. The van der Waals surface area contributed by atoms with Gasteiger partial charge >= 0.3 is 0 Å². The van der Waals surface area contributed by atoms with Crippen LogP contribution in [0.15, 0.2) is 36.5 Å². The lowest BCUT2D eigenvalue weighted by atomic mass is 10.2. The predicted octanol–water partition coefficient (Wildman–Crippen LogP) is 4.31. The van der Waals surface area contributed by atoms with Crippen LogP contribution in [0.1, 0.15) is 25.0 Å². The summed E-state index contributed by atoms with van der Waals surface area (Å²) in [5.41, 5.74) is 3.39. The van der Waals surface area contributed by atoms with Gasteiger partial charge in [-0.15, -0.1) is 0 Å². The lowest BCUT2D eigenvalue weighted by Gasteiger charge is -2.20. The van der Waals surface area contributed by atoms with Crippen molar-refractivity contribution in [2.75, 3.05) is 11.9 Å². The molecule has 1 N–H and O–H groups in total. The summed E-state index contributed by atoms with van der Waals surface area (Å²) in [6.07, 6.45) is 1.88. The number of halogens is 1. The highest BCUT2D eigenvalue weighted by molar-refractivity contribution is 6.33. The average molecular weight is 304 g/mol. The third kappa shape index (κ3) is 4.19. The Morgan fingerprint density at radius 1 is 1.29 bits per heavy atom. The van der Waals surface area contributed by atoms with Crippen molar-refractivity contribution in [2.45, 2.75) is 33.4 Å². The van der Waals surface area contributed by atoms with Crippen LogP contribution in [0, 0.1) is 6.92 Å². The molecule has 4 heteroatoms. The minimum Gasteiger partial charge on any atom is -0.328 e. The summed E-state index contributed by atoms with van der Waals surface area (Å²) in [6.45, 7) is 7.09. The minimum absolute atomic E-state index is 0.443. The van der Waals surface area contributed by atoms with Gasteiger partial charge < -0.3 is 10.2 Å². The van der Waals surface area contributed by atoms with Crippen LogP contribution in [0.2, 0.25) is 5.02 Å². The number of hydrogen-bond acceptors (Lipinski definition) is 3. The fraction of sp³-hybridized carbons (Fsp3) is 0.353. The zero-order valence-electron chi connectivity index (χ0n) is 13.0. The van der Waals surface area contributed by atoms with Crippen molar-refractivity contribution in [2.24, 2.45) is 0 Å². The number of nitrogens with zero attached hydrogens (tertiary/aromatic N) is 2. The molecule has 0 radical (unpaired) electrons. The summed E-state index contributed by atoms with van der Waals surface area (Å²) in [6, 6.07) is 10.7. The molecular formula is C17H22ClN3. The van der Waals surface area contributed by atoms with E-state index in [0.29, 0.717) is 11.1 Å². The van der Waals surface area contributed by atoms with Crippen LogP contribution in [0.5, 0.6) is 0 Å². The van der Waals surface area contributed by atoms with E-state index in [1.807, 2.05) is 30.3 Å². The van der Waals surface area contributed by atoms with Gasteiger partial charge in [0.15, 0.2) is 5.82 Å². The molecule has 1 aromatic heterocycles. The molecule has 0 aliphatic rings. The van der Waals surface area contributed by atoms with Gasteiger partial charge in [0.05, 0.1) is 5.02 Å². The Kier molecular flexibility index (Phi) is 5.21. The SMILES string of the molecule is Cc1cccc(N(C)c2ncc(CNC(C)C)cc2Cl)c1. The van der Waals surface area contributed by atoms with E-state index in [9.17, 15) is 0 Å². The molecule has 1 heterocycles. The van der Waals surface area contributed by atoms with Gasteiger partial charge in [0, 0.05) is 31.5 Å². The molecular weight excluding hydrogens is 282 g/mol. The Bertz CT molecular complexity index is 611. The molecule has 21 heavy (non-hydrogen) atoms. The number of pyridine rings is 1. The van der Waals surface area contributed by atoms with Gasteiger partial charge in [-0.3, -0.25) is 0 Å². The van der Waals surface area contributed by atoms with E-state index in [1.165, 1.54) is 5.56 Å². The molecule has 2 aromatic rings. The second kappa shape index (κ2) is 6.92. The first-order chi connectivity index (χ1) is 9.97. The zero-order valence-corrected chi connectivity index (χ0v) is 13.8. The van der Waals surface area contributed by atoms with E-state index in [2.05, 4.69) is 49.3 Å². The van der Waals surface area contributed by atoms with Crippen molar-refractivity contribution in [1.29, 1.82) is 0 Å². The maximum atomic E-state index is 6.40. The Morgan fingerprint density at radius 3 is 2.67 bits per heavy atom. The number of aromatic nitrogens is 1. The largest absolute Gasteiger partial charge is 0.328 e. The van der Waals surface area contributed by atoms with Crippen molar-refractivity contribution in [3.05, 3.63) is 52.7 Å². The summed E-state index contributed by atoms with van der Waals surface area (Å²) in [5.74, 6) is 0.774. The van der Waals surface area contributed by atoms with Crippen molar-refractivity contribution < 1.29 is 0 Å². The molecule has 0 atom stereocenters. The second-order valence-electron chi connectivity index (χ2n) is 5.58. The summed E-state index contributed by atoms with van der Waals surface area (Å²) in [7, 11) is 1.98. The van der Waals surface area contributed by atoms with Gasteiger partial charge in [-0.2, -0.15) is 0 Å². The fourth-order valence-corrected chi connectivity index (χ4v) is 2.41. The summed E-state index contributed by atoms with van der Waals surface area (Å²) < 4.78 is 0. The lowest BCUT2D eigenvalue weighted by Crippen LogP contribution is -2.22. The molecule has 0 saturated carbocycles. The van der Waals surface area contributed by atoms with Crippen LogP contribution < -0.4 is 10.2 Å². The third-order valence-corrected chi connectivity index (χ3v) is 3.58. The Hall–Kier alpha value is -1.58. The van der Waals surface area contributed by atoms with Crippen LogP contribution in [-0.2, 0) is 6.54 Å². The quantitative estimate of drug-likeness (QED) is 0.892. The summed E-state index contributed by atoms with van der Waals surface area (Å²) >= 11 is 6.40. The maximum Gasteiger partial charge on any atom is 0.151 e. The van der Waals surface area contributed by atoms with Crippen molar-refractivity contribution in [3.63, 3.8) is 0 Å². The maximum absolute atomic E-state index is 6.40. The molecule has 0 aliphatic carbocycles. The minimum atomic E-state index is 0.443. The van der Waals surface area contributed by atoms with Crippen molar-refractivity contribution in [1.82, 2.24) is 10.3 Å². The van der Waals surface area contributed by atoms with Crippen LogP contribution in [0.3, 0.4) is 0 Å². The van der Waals surface area contributed by atoms with Crippen molar-refractivity contribution in [3.8, 4) is 0 Å². The summed E-state index contributed by atoms with van der Waals surface area (Å²) in [5, 5.41) is 4.03. The van der Waals surface area contributed by atoms with E-state index >= 15 is 0 Å². The Labute approximate surface area is 132 Å². The first-order valence-corrected chi connectivity index (χ1v) is 7.53. The van der Waals surface area contributed by atoms with Crippen LogP contribution in [0.4, 0.5) is 11.5 Å². The van der Waals surface area contributed by atoms with Gasteiger partial charge in [0.25, 0.3) is 0 Å². The van der Waals surface area contributed by atoms with Crippen LogP contribution in [0.25, 0.3) is 0 Å². The molecule has 0 spiro atoms. The van der Waals surface area contributed by atoms with Gasteiger partial charge in [0.1, 0.15) is 0 Å². The zero-order chi connectivity index (χ0) is 15.4.